The quantitative estimate of drug-likeness (QED) is 0.216. The average molecular weight is 511 g/mol. The zero-order valence-corrected chi connectivity index (χ0v) is 22.2. The Morgan fingerprint density at radius 3 is 1.82 bits per heavy atom. The van der Waals surface area contributed by atoms with Crippen molar-refractivity contribution < 1.29 is 0 Å². The molecule has 0 bridgehead atoms. The van der Waals surface area contributed by atoms with Crippen molar-refractivity contribution in [1.82, 2.24) is 9.55 Å². The molecule has 0 saturated carbocycles. The summed E-state index contributed by atoms with van der Waals surface area (Å²) in [6.45, 7) is 2.08. The van der Waals surface area contributed by atoms with Crippen LogP contribution in [0.5, 0.6) is 0 Å². The van der Waals surface area contributed by atoms with Crippen LogP contribution in [0, 0.1) is 6.92 Å². The van der Waals surface area contributed by atoms with E-state index < -0.39 is 0 Å². The lowest BCUT2D eigenvalue weighted by Crippen LogP contribution is -1.97. The van der Waals surface area contributed by atoms with E-state index >= 15 is 0 Å². The minimum absolute atomic E-state index is 0.986. The number of hydrogen-bond acceptors (Lipinski definition) is 1. The first-order valence-corrected chi connectivity index (χ1v) is 13.7. The lowest BCUT2D eigenvalue weighted by atomic mass is 9.84. The van der Waals surface area contributed by atoms with Crippen molar-refractivity contribution in [3.8, 4) is 27.9 Å². The number of benzene rings is 7. The highest BCUT2D eigenvalue weighted by atomic mass is 15.1. The molecule has 0 amide bonds. The second kappa shape index (κ2) is 8.93. The van der Waals surface area contributed by atoms with Gasteiger partial charge in [-0.25, -0.2) is 4.98 Å². The Bertz CT molecular complexity index is 2170. The molecule has 2 heteroatoms. The van der Waals surface area contributed by atoms with Crippen LogP contribution < -0.4 is 0 Å². The number of para-hydroxylation sites is 2. The third kappa shape index (κ3) is 3.40. The summed E-state index contributed by atoms with van der Waals surface area (Å²) in [6, 6.07) is 50.3. The van der Waals surface area contributed by atoms with Crippen LogP contribution in [0.25, 0.3) is 71.3 Å². The fraction of sp³-hybridized carbons (Fsp3) is 0.0263. The fourth-order valence-electron chi connectivity index (χ4n) is 6.45. The Labute approximate surface area is 232 Å². The van der Waals surface area contributed by atoms with Gasteiger partial charge in [-0.2, -0.15) is 0 Å². The maximum Gasteiger partial charge on any atom is 0.111 e. The van der Waals surface area contributed by atoms with E-state index in [-0.39, 0.29) is 0 Å². The van der Waals surface area contributed by atoms with Crippen molar-refractivity contribution in [2.24, 2.45) is 0 Å². The monoisotopic (exact) mass is 510 g/mol. The summed E-state index contributed by atoms with van der Waals surface area (Å²) in [5.41, 5.74) is 8.28. The van der Waals surface area contributed by atoms with Gasteiger partial charge in [-0.1, -0.05) is 115 Å². The molecular weight excluding hydrogens is 484 g/mol. The molecule has 0 aliphatic rings. The first kappa shape index (κ1) is 22.7. The second-order valence-electron chi connectivity index (χ2n) is 10.4. The summed E-state index contributed by atoms with van der Waals surface area (Å²) in [5, 5.41) is 7.58. The Hall–Kier alpha value is -5.21. The lowest BCUT2D eigenvalue weighted by molar-refractivity contribution is 1.00. The number of imidazole rings is 1. The van der Waals surface area contributed by atoms with Gasteiger partial charge in [0.05, 0.1) is 11.0 Å². The first-order valence-electron chi connectivity index (χ1n) is 13.7. The molecule has 0 aliphatic carbocycles. The zero-order chi connectivity index (χ0) is 26.6. The van der Waals surface area contributed by atoms with Crippen molar-refractivity contribution in [1.29, 1.82) is 0 Å². The Balaban J connectivity index is 1.46. The number of aryl methyl sites for hydroxylation is 1. The Morgan fingerprint density at radius 1 is 0.500 bits per heavy atom. The normalized spacial score (nSPS) is 11.6. The molecule has 0 saturated heterocycles. The highest BCUT2D eigenvalue weighted by Crippen LogP contribution is 2.45. The number of hydrogen-bond donors (Lipinski definition) is 0. The van der Waals surface area contributed by atoms with Gasteiger partial charge in [0.1, 0.15) is 5.82 Å². The Kier molecular flexibility index (Phi) is 5.08. The first-order chi connectivity index (χ1) is 19.8. The van der Waals surface area contributed by atoms with Crippen molar-refractivity contribution in [3.63, 3.8) is 0 Å². The molecule has 7 aromatic carbocycles. The van der Waals surface area contributed by atoms with Crippen molar-refractivity contribution in [2.75, 3.05) is 0 Å². The van der Waals surface area contributed by atoms with Crippen LogP contribution in [-0.2, 0) is 0 Å². The van der Waals surface area contributed by atoms with Crippen molar-refractivity contribution in [3.05, 3.63) is 145 Å². The summed E-state index contributed by atoms with van der Waals surface area (Å²) in [5.74, 6) is 0.986. The van der Waals surface area contributed by atoms with Crippen LogP contribution in [0.15, 0.2) is 140 Å². The van der Waals surface area contributed by atoms with E-state index in [2.05, 4.69) is 145 Å². The van der Waals surface area contributed by atoms with E-state index in [1.807, 2.05) is 6.07 Å². The molecule has 0 unspecified atom stereocenters. The maximum absolute atomic E-state index is 4.82. The summed E-state index contributed by atoms with van der Waals surface area (Å²) in [7, 11) is 0. The topological polar surface area (TPSA) is 17.8 Å². The number of aromatic nitrogens is 2. The van der Waals surface area contributed by atoms with E-state index in [4.69, 9.17) is 4.98 Å². The maximum atomic E-state index is 4.82. The smallest absolute Gasteiger partial charge is 0.111 e. The summed E-state index contributed by atoms with van der Waals surface area (Å²) in [6.07, 6.45) is 0. The molecule has 8 rings (SSSR count). The zero-order valence-electron chi connectivity index (χ0n) is 22.2. The molecule has 40 heavy (non-hydrogen) atoms. The van der Waals surface area contributed by atoms with Crippen LogP contribution >= 0.6 is 0 Å². The molecule has 0 fully saturated rings. The van der Waals surface area contributed by atoms with Gasteiger partial charge in [0, 0.05) is 5.69 Å². The number of fused-ring (bicyclic) bond motifs is 4. The van der Waals surface area contributed by atoms with E-state index in [1.165, 1.54) is 54.6 Å². The molecule has 0 radical (unpaired) electrons. The van der Waals surface area contributed by atoms with E-state index in [0.29, 0.717) is 0 Å². The Morgan fingerprint density at radius 2 is 1.07 bits per heavy atom. The standard InChI is InChI=1S/C38H26N2/c1-25-39-35-22-8-9-23-36(35)40(25)28-15-10-14-27(24-28)37-31-17-4-6-19-33(31)38(34-20-7-5-18-32(34)37)30-21-11-13-26-12-2-3-16-29(26)30/h2-24H,1H3. The van der Waals surface area contributed by atoms with E-state index in [9.17, 15) is 0 Å². The van der Waals surface area contributed by atoms with Gasteiger partial charge in [-0.15, -0.1) is 0 Å². The molecule has 0 aliphatic heterocycles. The van der Waals surface area contributed by atoms with Crippen molar-refractivity contribution >= 4 is 43.4 Å². The molecule has 1 heterocycles. The van der Waals surface area contributed by atoms with Gasteiger partial charge in [0.25, 0.3) is 0 Å². The third-order valence-electron chi connectivity index (χ3n) is 8.11. The van der Waals surface area contributed by atoms with Gasteiger partial charge in [0.15, 0.2) is 0 Å². The average Bonchev–Trinajstić information content (AvgIpc) is 3.35. The fourth-order valence-corrected chi connectivity index (χ4v) is 6.45. The van der Waals surface area contributed by atoms with Crippen LogP contribution in [-0.4, -0.2) is 9.55 Å². The highest BCUT2D eigenvalue weighted by Gasteiger charge is 2.18. The summed E-state index contributed by atoms with van der Waals surface area (Å²) >= 11 is 0. The van der Waals surface area contributed by atoms with Gasteiger partial charge in [-0.3, -0.25) is 4.57 Å². The number of rotatable bonds is 3. The molecule has 188 valence electrons. The highest BCUT2D eigenvalue weighted by molar-refractivity contribution is 6.23. The minimum Gasteiger partial charge on any atom is -0.297 e. The lowest BCUT2D eigenvalue weighted by Gasteiger charge is -2.19. The molecule has 8 aromatic rings. The predicted molar refractivity (Wildman–Crippen MR) is 169 cm³/mol. The van der Waals surface area contributed by atoms with Gasteiger partial charge in [0.2, 0.25) is 0 Å². The van der Waals surface area contributed by atoms with Gasteiger partial charge in [-0.05, 0) is 85.8 Å². The molecule has 1 aromatic heterocycles. The molecule has 0 spiro atoms. The summed E-state index contributed by atoms with van der Waals surface area (Å²) < 4.78 is 2.26. The van der Waals surface area contributed by atoms with Crippen LogP contribution in [0.4, 0.5) is 0 Å². The molecule has 2 nitrogen and oxygen atoms in total. The van der Waals surface area contributed by atoms with E-state index in [1.54, 1.807) is 0 Å². The SMILES string of the molecule is Cc1nc2ccccc2n1-c1cccc(-c2c3ccccc3c(-c3cccc4ccccc34)c3ccccc23)c1. The van der Waals surface area contributed by atoms with Crippen LogP contribution in [0.3, 0.4) is 0 Å². The number of nitrogens with zero attached hydrogens (tertiary/aromatic N) is 2. The third-order valence-corrected chi connectivity index (χ3v) is 8.11. The predicted octanol–water partition coefficient (Wildman–Crippen LogP) is 10.1. The minimum atomic E-state index is 0.986. The molecule has 0 atom stereocenters. The molecule has 0 N–H and O–H groups in total. The van der Waals surface area contributed by atoms with Crippen LogP contribution in [0.2, 0.25) is 0 Å². The molecular formula is C38H26N2. The van der Waals surface area contributed by atoms with Gasteiger partial charge >= 0.3 is 0 Å². The van der Waals surface area contributed by atoms with Crippen LogP contribution in [0.1, 0.15) is 5.82 Å². The summed E-state index contributed by atoms with van der Waals surface area (Å²) in [4.78, 5) is 4.82. The second-order valence-corrected chi connectivity index (χ2v) is 10.4. The largest absolute Gasteiger partial charge is 0.297 e. The van der Waals surface area contributed by atoms with Gasteiger partial charge < -0.3 is 0 Å². The van der Waals surface area contributed by atoms with Crippen molar-refractivity contribution in [2.45, 2.75) is 6.92 Å². The van der Waals surface area contributed by atoms with E-state index in [0.717, 1.165) is 22.5 Å².